The fourth-order valence-corrected chi connectivity index (χ4v) is 6.33. The Morgan fingerprint density at radius 3 is 2.71 bits per heavy atom. The predicted molar refractivity (Wildman–Crippen MR) is 94.4 cm³/mol. The zero-order chi connectivity index (χ0) is 16.8. The number of hydrogen-bond acceptors (Lipinski definition) is 4. The number of carbonyl (C=O) groups is 2. The van der Waals surface area contributed by atoms with E-state index in [1.165, 1.54) is 31.2 Å². The van der Waals surface area contributed by atoms with E-state index in [0.717, 1.165) is 37.2 Å². The van der Waals surface area contributed by atoms with Crippen LogP contribution < -0.4 is 5.32 Å². The second-order valence-corrected chi connectivity index (χ2v) is 8.92. The second kappa shape index (κ2) is 6.17. The molecule has 3 aliphatic rings. The van der Waals surface area contributed by atoms with Gasteiger partial charge in [-0.3, -0.25) is 4.79 Å². The van der Waals surface area contributed by atoms with Gasteiger partial charge in [-0.05, 0) is 61.8 Å². The number of rotatable bonds is 3. The Bertz CT molecular complexity index is 680. The van der Waals surface area contributed by atoms with Gasteiger partial charge in [0.25, 0.3) is 0 Å². The van der Waals surface area contributed by atoms with Gasteiger partial charge in [-0.15, -0.1) is 11.3 Å². The standard InChI is InChI=1S/C19H25NO3S/c1-10-3-6-13-15(7-10)24-18(16(13)19(22)23-2)20-17(21)14-9-11-4-5-12(14)8-11/h10-12,14H,3-9H2,1-2H3,(H,20,21)/t10-,11+,12+,14+/m1/s1. The highest BCUT2D eigenvalue weighted by atomic mass is 32.1. The van der Waals surface area contributed by atoms with Crippen molar-refractivity contribution >= 4 is 28.2 Å². The molecule has 0 aliphatic heterocycles. The van der Waals surface area contributed by atoms with Crippen molar-refractivity contribution < 1.29 is 14.3 Å². The highest BCUT2D eigenvalue weighted by molar-refractivity contribution is 7.17. The fourth-order valence-electron chi connectivity index (χ4n) is 4.93. The molecule has 1 amide bonds. The molecule has 2 bridgehead atoms. The average Bonchev–Trinajstić information content (AvgIpc) is 3.27. The molecule has 0 unspecified atom stereocenters. The Morgan fingerprint density at radius 1 is 1.21 bits per heavy atom. The molecule has 4 rings (SSSR count). The summed E-state index contributed by atoms with van der Waals surface area (Å²) in [5.41, 5.74) is 1.72. The lowest BCUT2D eigenvalue weighted by Gasteiger charge is -2.20. The molecule has 4 atom stereocenters. The molecule has 4 nitrogen and oxygen atoms in total. The monoisotopic (exact) mass is 347 g/mol. The van der Waals surface area contributed by atoms with Gasteiger partial charge in [-0.25, -0.2) is 4.79 Å². The van der Waals surface area contributed by atoms with Gasteiger partial charge in [0.1, 0.15) is 5.00 Å². The summed E-state index contributed by atoms with van der Waals surface area (Å²) in [4.78, 5) is 26.3. The second-order valence-electron chi connectivity index (χ2n) is 7.82. The minimum Gasteiger partial charge on any atom is -0.465 e. The number of thiophene rings is 1. The summed E-state index contributed by atoms with van der Waals surface area (Å²) in [7, 11) is 1.42. The van der Waals surface area contributed by atoms with Crippen LogP contribution in [0.25, 0.3) is 0 Å². The average molecular weight is 347 g/mol. The number of methoxy groups -OCH3 is 1. The van der Waals surface area contributed by atoms with Crippen LogP contribution >= 0.6 is 11.3 Å². The maximum Gasteiger partial charge on any atom is 0.341 e. The van der Waals surface area contributed by atoms with E-state index in [0.29, 0.717) is 22.4 Å². The first-order valence-electron chi connectivity index (χ1n) is 9.10. The third kappa shape index (κ3) is 2.67. The largest absolute Gasteiger partial charge is 0.465 e. The van der Waals surface area contributed by atoms with Crippen LogP contribution in [0.2, 0.25) is 0 Å². The first kappa shape index (κ1) is 16.1. The van der Waals surface area contributed by atoms with Gasteiger partial charge in [0.2, 0.25) is 5.91 Å². The molecule has 130 valence electrons. The van der Waals surface area contributed by atoms with E-state index in [1.807, 2.05) is 0 Å². The predicted octanol–water partition coefficient (Wildman–Crippen LogP) is 4.03. The fraction of sp³-hybridized carbons (Fsp3) is 0.684. The van der Waals surface area contributed by atoms with Crippen LogP contribution in [-0.2, 0) is 22.4 Å². The Balaban J connectivity index is 1.60. The number of ether oxygens (including phenoxy) is 1. The minimum atomic E-state index is -0.315. The molecular weight excluding hydrogens is 322 g/mol. The molecule has 24 heavy (non-hydrogen) atoms. The first-order chi connectivity index (χ1) is 11.6. The van der Waals surface area contributed by atoms with Gasteiger partial charge < -0.3 is 10.1 Å². The van der Waals surface area contributed by atoms with E-state index in [9.17, 15) is 9.59 Å². The number of esters is 1. The summed E-state index contributed by atoms with van der Waals surface area (Å²) >= 11 is 1.58. The summed E-state index contributed by atoms with van der Waals surface area (Å²) in [5, 5.41) is 3.82. The molecule has 5 heteroatoms. The maximum absolute atomic E-state index is 12.8. The normalized spacial score (nSPS) is 30.9. The molecule has 2 fully saturated rings. The topological polar surface area (TPSA) is 55.4 Å². The quantitative estimate of drug-likeness (QED) is 0.840. The maximum atomic E-state index is 12.8. The number of fused-ring (bicyclic) bond motifs is 3. The third-order valence-electron chi connectivity index (χ3n) is 6.21. The van der Waals surface area contributed by atoms with E-state index in [2.05, 4.69) is 12.2 Å². The lowest BCUT2D eigenvalue weighted by Crippen LogP contribution is -2.27. The lowest BCUT2D eigenvalue weighted by molar-refractivity contribution is -0.121. The molecule has 2 saturated carbocycles. The number of nitrogens with one attached hydrogen (secondary N) is 1. The highest BCUT2D eigenvalue weighted by Gasteiger charge is 2.43. The van der Waals surface area contributed by atoms with Crippen LogP contribution in [0.15, 0.2) is 0 Å². The first-order valence-corrected chi connectivity index (χ1v) is 9.92. The van der Waals surface area contributed by atoms with Crippen molar-refractivity contribution in [2.75, 3.05) is 12.4 Å². The van der Waals surface area contributed by atoms with Crippen molar-refractivity contribution in [1.82, 2.24) is 0 Å². The Morgan fingerprint density at radius 2 is 2.04 bits per heavy atom. The molecule has 1 heterocycles. The molecule has 0 radical (unpaired) electrons. The van der Waals surface area contributed by atoms with E-state index in [4.69, 9.17) is 4.74 Å². The van der Waals surface area contributed by atoms with Crippen molar-refractivity contribution in [1.29, 1.82) is 0 Å². The molecule has 0 spiro atoms. The van der Waals surface area contributed by atoms with Crippen molar-refractivity contribution in [2.24, 2.45) is 23.7 Å². The Hall–Kier alpha value is -1.36. The van der Waals surface area contributed by atoms with Crippen molar-refractivity contribution in [3.63, 3.8) is 0 Å². The van der Waals surface area contributed by atoms with Gasteiger partial charge in [-0.2, -0.15) is 0 Å². The SMILES string of the molecule is COC(=O)c1c(NC(=O)[C@H]2C[C@H]3CC[C@H]2C3)sc2c1CC[C@@H](C)C2. The van der Waals surface area contributed by atoms with Gasteiger partial charge in [0.15, 0.2) is 0 Å². The summed E-state index contributed by atoms with van der Waals surface area (Å²) in [6.07, 6.45) is 7.69. The van der Waals surface area contributed by atoms with Gasteiger partial charge in [0, 0.05) is 10.8 Å². The van der Waals surface area contributed by atoms with Crippen LogP contribution in [0.4, 0.5) is 5.00 Å². The van der Waals surface area contributed by atoms with Crippen molar-refractivity contribution in [3.05, 3.63) is 16.0 Å². The zero-order valence-corrected chi connectivity index (χ0v) is 15.2. The van der Waals surface area contributed by atoms with E-state index >= 15 is 0 Å². The van der Waals surface area contributed by atoms with Gasteiger partial charge >= 0.3 is 5.97 Å². The van der Waals surface area contributed by atoms with Crippen LogP contribution in [0, 0.1) is 23.7 Å². The molecule has 0 aromatic carbocycles. The van der Waals surface area contributed by atoms with E-state index < -0.39 is 0 Å². The highest BCUT2D eigenvalue weighted by Crippen LogP contribution is 2.49. The van der Waals surface area contributed by atoms with Crippen LogP contribution in [-0.4, -0.2) is 19.0 Å². The van der Waals surface area contributed by atoms with E-state index in [1.54, 1.807) is 11.3 Å². The smallest absolute Gasteiger partial charge is 0.341 e. The molecular formula is C19H25NO3S. The summed E-state index contributed by atoms with van der Waals surface area (Å²) < 4.78 is 5.00. The summed E-state index contributed by atoms with van der Waals surface area (Å²) in [6, 6.07) is 0. The lowest BCUT2D eigenvalue weighted by atomic mass is 9.87. The molecule has 1 N–H and O–H groups in total. The van der Waals surface area contributed by atoms with Crippen molar-refractivity contribution in [2.45, 2.75) is 51.9 Å². The number of hydrogen-bond donors (Lipinski definition) is 1. The molecule has 1 aromatic heterocycles. The van der Waals surface area contributed by atoms with Crippen LogP contribution in [0.5, 0.6) is 0 Å². The number of amides is 1. The summed E-state index contributed by atoms with van der Waals surface area (Å²) in [5.74, 6) is 1.85. The Kier molecular flexibility index (Phi) is 4.15. The Labute approximate surface area is 147 Å². The molecule has 1 aromatic rings. The van der Waals surface area contributed by atoms with Crippen LogP contribution in [0.3, 0.4) is 0 Å². The summed E-state index contributed by atoms with van der Waals surface area (Å²) in [6.45, 7) is 2.24. The minimum absolute atomic E-state index is 0.110. The zero-order valence-electron chi connectivity index (χ0n) is 14.4. The van der Waals surface area contributed by atoms with Gasteiger partial charge in [0.05, 0.1) is 12.7 Å². The van der Waals surface area contributed by atoms with E-state index in [-0.39, 0.29) is 17.8 Å². The third-order valence-corrected chi connectivity index (χ3v) is 7.38. The molecule has 0 saturated heterocycles. The van der Waals surface area contributed by atoms with Crippen LogP contribution in [0.1, 0.15) is 59.8 Å². The number of carbonyl (C=O) groups excluding carboxylic acids is 2. The van der Waals surface area contributed by atoms with Gasteiger partial charge in [-0.1, -0.05) is 13.3 Å². The van der Waals surface area contributed by atoms with Crippen molar-refractivity contribution in [3.8, 4) is 0 Å². The molecule has 3 aliphatic carbocycles. The number of anilines is 1.